The molecule has 0 spiro atoms. The van der Waals surface area contributed by atoms with Gasteiger partial charge in [0, 0.05) is 5.56 Å². The summed E-state index contributed by atoms with van der Waals surface area (Å²) in [7, 11) is 0. The van der Waals surface area contributed by atoms with Crippen molar-refractivity contribution in [1.29, 1.82) is 0 Å². The molecule has 3 aromatic rings. The Hall–Kier alpha value is -3.47. The van der Waals surface area contributed by atoms with Gasteiger partial charge in [-0.15, -0.1) is 0 Å². The molecule has 0 aliphatic carbocycles. The molecule has 1 heterocycles. The molecule has 5 heteroatoms. The summed E-state index contributed by atoms with van der Waals surface area (Å²) >= 11 is 0. The molecule has 0 fully saturated rings. The number of carbonyl (C=O) groups is 1. The maximum Gasteiger partial charge on any atom is 0.289 e. The Bertz CT molecular complexity index is 1000. The lowest BCUT2D eigenvalue weighted by atomic mass is 10.0. The molecule has 136 valence electrons. The number of carbonyl (C=O) groups excluding carboxylic acids is 1. The van der Waals surface area contributed by atoms with Crippen LogP contribution in [0.25, 0.3) is 17.3 Å². The van der Waals surface area contributed by atoms with E-state index in [0.29, 0.717) is 5.69 Å². The molecular formula is C22H22N4O. The average molecular weight is 358 g/mol. The van der Waals surface area contributed by atoms with Crippen LogP contribution in [0.1, 0.15) is 34.1 Å². The largest absolute Gasteiger partial charge is 0.289 e. The van der Waals surface area contributed by atoms with Crippen LogP contribution in [0.15, 0.2) is 65.3 Å². The van der Waals surface area contributed by atoms with E-state index in [4.69, 9.17) is 0 Å². The van der Waals surface area contributed by atoms with Crippen LogP contribution >= 0.6 is 0 Å². The van der Waals surface area contributed by atoms with Crippen molar-refractivity contribution in [3.63, 3.8) is 0 Å². The van der Waals surface area contributed by atoms with E-state index < -0.39 is 0 Å². The third-order valence-corrected chi connectivity index (χ3v) is 4.25. The van der Waals surface area contributed by atoms with Gasteiger partial charge in [0.15, 0.2) is 0 Å². The summed E-state index contributed by atoms with van der Waals surface area (Å²) in [4.78, 5) is 12.2. The number of rotatable bonds is 5. The van der Waals surface area contributed by atoms with Gasteiger partial charge >= 0.3 is 0 Å². The number of aryl methyl sites for hydroxylation is 2. The number of hydrogen-bond acceptors (Lipinski definition) is 3. The minimum atomic E-state index is -0.332. The molecule has 0 aliphatic rings. The van der Waals surface area contributed by atoms with Crippen molar-refractivity contribution in [2.45, 2.75) is 20.8 Å². The number of nitrogens with one attached hydrogen (secondary N) is 2. The average Bonchev–Trinajstić information content (AvgIpc) is 3.15. The van der Waals surface area contributed by atoms with E-state index in [0.717, 1.165) is 22.4 Å². The second kappa shape index (κ2) is 8.27. The molecule has 3 rings (SSSR count). The Kier molecular flexibility index (Phi) is 5.61. The lowest BCUT2D eigenvalue weighted by molar-refractivity contribution is 0.0950. The first-order valence-corrected chi connectivity index (χ1v) is 8.73. The van der Waals surface area contributed by atoms with Crippen molar-refractivity contribution in [3.05, 3.63) is 82.6 Å². The first kappa shape index (κ1) is 18.3. The third-order valence-electron chi connectivity index (χ3n) is 4.25. The van der Waals surface area contributed by atoms with E-state index in [9.17, 15) is 4.79 Å². The Balaban J connectivity index is 1.64. The summed E-state index contributed by atoms with van der Waals surface area (Å²) in [6.45, 7) is 6.05. The summed E-state index contributed by atoms with van der Waals surface area (Å²) in [5.41, 5.74) is 9.01. The molecule has 0 bridgehead atoms. The van der Waals surface area contributed by atoms with Crippen LogP contribution in [-0.2, 0) is 0 Å². The van der Waals surface area contributed by atoms with Crippen molar-refractivity contribution in [2.75, 3.05) is 0 Å². The maximum absolute atomic E-state index is 12.2. The van der Waals surface area contributed by atoms with Crippen molar-refractivity contribution in [2.24, 2.45) is 5.10 Å². The normalized spacial score (nSPS) is 11.7. The number of amides is 1. The predicted molar refractivity (Wildman–Crippen MR) is 110 cm³/mol. The van der Waals surface area contributed by atoms with Crippen LogP contribution in [0.5, 0.6) is 0 Å². The van der Waals surface area contributed by atoms with Crippen LogP contribution in [0, 0.1) is 13.8 Å². The molecule has 0 radical (unpaired) electrons. The second-order valence-electron chi connectivity index (χ2n) is 6.46. The van der Waals surface area contributed by atoms with Gasteiger partial charge in [-0.2, -0.15) is 10.2 Å². The fourth-order valence-electron chi connectivity index (χ4n) is 2.59. The SMILES string of the molecule is CC(C=NNC(=O)c1cc(-c2ccc(C)c(C)c2)n[nH]1)=Cc1ccccc1. The van der Waals surface area contributed by atoms with Gasteiger partial charge in [0.05, 0.1) is 11.9 Å². The quantitative estimate of drug-likeness (QED) is 0.520. The van der Waals surface area contributed by atoms with Gasteiger partial charge in [0.25, 0.3) is 5.91 Å². The van der Waals surface area contributed by atoms with E-state index in [1.807, 2.05) is 55.5 Å². The predicted octanol–water partition coefficient (Wildman–Crippen LogP) is 4.51. The van der Waals surface area contributed by atoms with Crippen molar-refractivity contribution >= 4 is 18.2 Å². The van der Waals surface area contributed by atoms with E-state index in [1.54, 1.807) is 12.3 Å². The number of hydrazone groups is 1. The van der Waals surface area contributed by atoms with Gasteiger partial charge in [0.2, 0.25) is 0 Å². The van der Waals surface area contributed by atoms with E-state index in [1.165, 1.54) is 11.1 Å². The molecule has 1 amide bonds. The monoisotopic (exact) mass is 358 g/mol. The molecule has 2 aromatic carbocycles. The zero-order valence-electron chi connectivity index (χ0n) is 15.7. The number of aromatic nitrogens is 2. The minimum Gasteiger partial charge on any atom is -0.272 e. The van der Waals surface area contributed by atoms with Gasteiger partial charge < -0.3 is 0 Å². The fourth-order valence-corrected chi connectivity index (χ4v) is 2.59. The highest BCUT2D eigenvalue weighted by Crippen LogP contribution is 2.20. The third kappa shape index (κ3) is 4.79. The molecule has 0 aliphatic heterocycles. The lowest BCUT2D eigenvalue weighted by Gasteiger charge is -2.01. The van der Waals surface area contributed by atoms with Crippen LogP contribution in [-0.4, -0.2) is 22.3 Å². The highest BCUT2D eigenvalue weighted by atomic mass is 16.2. The van der Waals surface area contributed by atoms with E-state index in [2.05, 4.69) is 40.6 Å². The number of allylic oxidation sites excluding steroid dienone is 1. The zero-order chi connectivity index (χ0) is 19.2. The van der Waals surface area contributed by atoms with E-state index in [-0.39, 0.29) is 5.91 Å². The topological polar surface area (TPSA) is 70.1 Å². The first-order chi connectivity index (χ1) is 13.0. The van der Waals surface area contributed by atoms with E-state index >= 15 is 0 Å². The maximum atomic E-state index is 12.2. The van der Waals surface area contributed by atoms with Crippen LogP contribution in [0.3, 0.4) is 0 Å². The van der Waals surface area contributed by atoms with Crippen LogP contribution in [0.4, 0.5) is 0 Å². The lowest BCUT2D eigenvalue weighted by Crippen LogP contribution is -2.17. The molecule has 2 N–H and O–H groups in total. The van der Waals surface area contributed by atoms with Crippen molar-refractivity contribution in [1.82, 2.24) is 15.6 Å². The highest BCUT2D eigenvalue weighted by Gasteiger charge is 2.10. The summed E-state index contributed by atoms with van der Waals surface area (Å²) in [6, 6.07) is 17.8. The highest BCUT2D eigenvalue weighted by molar-refractivity contribution is 5.94. The van der Waals surface area contributed by atoms with Gasteiger partial charge in [0.1, 0.15) is 5.69 Å². The summed E-state index contributed by atoms with van der Waals surface area (Å²) in [5.74, 6) is -0.332. The van der Waals surface area contributed by atoms with Gasteiger partial charge in [-0.25, -0.2) is 5.43 Å². The van der Waals surface area contributed by atoms with Crippen LogP contribution in [0.2, 0.25) is 0 Å². The first-order valence-electron chi connectivity index (χ1n) is 8.73. The molecule has 0 atom stereocenters. The number of hydrogen-bond donors (Lipinski definition) is 2. The Morgan fingerprint density at radius 2 is 1.85 bits per heavy atom. The summed E-state index contributed by atoms with van der Waals surface area (Å²) in [6.07, 6.45) is 3.61. The summed E-state index contributed by atoms with van der Waals surface area (Å²) < 4.78 is 0. The molecule has 0 saturated heterocycles. The zero-order valence-corrected chi connectivity index (χ0v) is 15.7. The van der Waals surface area contributed by atoms with Crippen LogP contribution < -0.4 is 5.43 Å². The Morgan fingerprint density at radius 3 is 2.59 bits per heavy atom. The van der Waals surface area contributed by atoms with Gasteiger partial charge in [-0.1, -0.05) is 48.5 Å². The minimum absolute atomic E-state index is 0.332. The standard InChI is InChI=1S/C22H22N4O/c1-15(11-18-7-5-4-6-8-18)14-23-26-22(27)21-13-20(24-25-21)19-10-9-16(2)17(3)12-19/h4-14H,1-3H3,(H,24,25)(H,26,27). The summed E-state index contributed by atoms with van der Waals surface area (Å²) in [5, 5.41) is 11.0. The number of H-pyrrole nitrogens is 1. The fraction of sp³-hybridized carbons (Fsp3) is 0.136. The molecule has 1 aromatic heterocycles. The van der Waals surface area contributed by atoms with Crippen molar-refractivity contribution < 1.29 is 4.79 Å². The number of aromatic amines is 1. The molecule has 0 saturated carbocycles. The Labute approximate surface area is 158 Å². The van der Waals surface area contributed by atoms with Gasteiger partial charge in [-0.3, -0.25) is 9.89 Å². The van der Waals surface area contributed by atoms with Crippen molar-refractivity contribution in [3.8, 4) is 11.3 Å². The Morgan fingerprint density at radius 1 is 1.07 bits per heavy atom. The molecule has 0 unspecified atom stereocenters. The van der Waals surface area contributed by atoms with Gasteiger partial charge in [-0.05, 0) is 55.2 Å². The molecule has 5 nitrogen and oxygen atoms in total. The smallest absolute Gasteiger partial charge is 0.272 e. The second-order valence-corrected chi connectivity index (χ2v) is 6.46. The number of nitrogens with zero attached hydrogens (tertiary/aromatic N) is 2. The molecule has 27 heavy (non-hydrogen) atoms. The molecular weight excluding hydrogens is 336 g/mol. The number of benzene rings is 2.